The summed E-state index contributed by atoms with van der Waals surface area (Å²) in [5.74, 6) is 2.20. The number of nitrogens with zero attached hydrogens (tertiary/aromatic N) is 3. The van der Waals surface area contributed by atoms with E-state index in [0.29, 0.717) is 29.1 Å². The standard InChI is InChI=1S/C18H18ClN5O2/c1-3-26-16-7-5-4-6-14(16)22-18-23-17(11-20-24-18)21-12-8-9-15(25-2)13(19)10-12/h4-11H,3H2,1-2H3,(H2,21,22,23,24). The first kappa shape index (κ1) is 17.8. The van der Waals surface area contributed by atoms with Gasteiger partial charge < -0.3 is 20.1 Å². The van der Waals surface area contributed by atoms with E-state index in [0.717, 1.165) is 17.1 Å². The van der Waals surface area contributed by atoms with Crippen molar-refractivity contribution >= 4 is 34.7 Å². The minimum Gasteiger partial charge on any atom is -0.495 e. The van der Waals surface area contributed by atoms with Crippen molar-refractivity contribution in [3.05, 3.63) is 53.7 Å². The predicted molar refractivity (Wildman–Crippen MR) is 102 cm³/mol. The summed E-state index contributed by atoms with van der Waals surface area (Å²) in [6.07, 6.45) is 1.53. The summed E-state index contributed by atoms with van der Waals surface area (Å²) in [5, 5.41) is 14.7. The molecule has 3 aromatic rings. The number of halogens is 1. The quantitative estimate of drug-likeness (QED) is 0.636. The average molecular weight is 372 g/mol. The Labute approximate surface area is 156 Å². The fourth-order valence-electron chi connectivity index (χ4n) is 2.28. The first-order valence-corrected chi connectivity index (χ1v) is 8.36. The Morgan fingerprint density at radius 1 is 1.08 bits per heavy atom. The first-order chi connectivity index (χ1) is 12.7. The summed E-state index contributed by atoms with van der Waals surface area (Å²) in [6, 6.07) is 12.9. The molecular weight excluding hydrogens is 354 g/mol. The van der Waals surface area contributed by atoms with E-state index in [1.807, 2.05) is 37.3 Å². The van der Waals surface area contributed by atoms with Crippen molar-refractivity contribution in [2.75, 3.05) is 24.4 Å². The second-order valence-electron chi connectivity index (χ2n) is 5.19. The fourth-order valence-corrected chi connectivity index (χ4v) is 2.54. The lowest BCUT2D eigenvalue weighted by molar-refractivity contribution is 0.342. The number of hydrogen-bond donors (Lipinski definition) is 2. The van der Waals surface area contributed by atoms with Crippen LogP contribution in [0.4, 0.5) is 23.1 Å². The summed E-state index contributed by atoms with van der Waals surface area (Å²) >= 11 is 6.14. The van der Waals surface area contributed by atoms with E-state index in [1.165, 1.54) is 6.20 Å². The molecule has 0 aliphatic carbocycles. The zero-order valence-electron chi connectivity index (χ0n) is 14.4. The lowest BCUT2D eigenvalue weighted by atomic mass is 10.3. The van der Waals surface area contributed by atoms with Crippen molar-refractivity contribution in [2.45, 2.75) is 6.92 Å². The number of para-hydroxylation sites is 2. The molecule has 0 saturated carbocycles. The zero-order valence-corrected chi connectivity index (χ0v) is 15.1. The van der Waals surface area contributed by atoms with Gasteiger partial charge in [-0.05, 0) is 37.3 Å². The lowest BCUT2D eigenvalue weighted by Crippen LogP contribution is -2.04. The van der Waals surface area contributed by atoms with Crippen LogP contribution in [0.5, 0.6) is 11.5 Å². The van der Waals surface area contributed by atoms with Gasteiger partial charge in [-0.1, -0.05) is 23.7 Å². The number of methoxy groups -OCH3 is 1. The highest BCUT2D eigenvalue weighted by Gasteiger charge is 2.07. The maximum atomic E-state index is 6.14. The number of benzene rings is 2. The average Bonchev–Trinajstić information content (AvgIpc) is 2.64. The summed E-state index contributed by atoms with van der Waals surface area (Å²) in [5.41, 5.74) is 1.53. The van der Waals surface area contributed by atoms with E-state index in [9.17, 15) is 0 Å². The highest BCUT2D eigenvalue weighted by molar-refractivity contribution is 6.32. The second-order valence-corrected chi connectivity index (χ2v) is 5.60. The topological polar surface area (TPSA) is 81.2 Å². The van der Waals surface area contributed by atoms with Gasteiger partial charge in [0, 0.05) is 5.69 Å². The Balaban J connectivity index is 1.77. The van der Waals surface area contributed by atoms with Crippen LogP contribution in [0.1, 0.15) is 6.92 Å². The van der Waals surface area contributed by atoms with Crippen molar-refractivity contribution in [2.24, 2.45) is 0 Å². The van der Waals surface area contributed by atoms with Crippen molar-refractivity contribution in [1.82, 2.24) is 15.2 Å². The van der Waals surface area contributed by atoms with Crippen molar-refractivity contribution in [3.63, 3.8) is 0 Å². The number of hydrogen-bond acceptors (Lipinski definition) is 7. The molecular formula is C18H18ClN5O2. The number of nitrogens with one attached hydrogen (secondary N) is 2. The molecule has 2 N–H and O–H groups in total. The van der Waals surface area contributed by atoms with Crippen LogP contribution < -0.4 is 20.1 Å². The van der Waals surface area contributed by atoms with E-state index >= 15 is 0 Å². The molecule has 0 aliphatic heterocycles. The molecule has 7 nitrogen and oxygen atoms in total. The number of aromatic nitrogens is 3. The van der Waals surface area contributed by atoms with Crippen LogP contribution in [0.2, 0.25) is 5.02 Å². The Morgan fingerprint density at radius 2 is 1.92 bits per heavy atom. The van der Waals surface area contributed by atoms with Crippen LogP contribution in [0.3, 0.4) is 0 Å². The first-order valence-electron chi connectivity index (χ1n) is 7.98. The van der Waals surface area contributed by atoms with Gasteiger partial charge in [0.2, 0.25) is 5.95 Å². The fraction of sp³-hybridized carbons (Fsp3) is 0.167. The van der Waals surface area contributed by atoms with Crippen molar-refractivity contribution < 1.29 is 9.47 Å². The number of ether oxygens (including phenoxy) is 2. The monoisotopic (exact) mass is 371 g/mol. The van der Waals surface area contributed by atoms with E-state index in [4.69, 9.17) is 21.1 Å². The van der Waals surface area contributed by atoms with Crippen LogP contribution in [-0.4, -0.2) is 28.9 Å². The zero-order chi connectivity index (χ0) is 18.4. The Bertz CT molecular complexity index is 891. The molecule has 0 spiro atoms. The van der Waals surface area contributed by atoms with Crippen LogP contribution in [0, 0.1) is 0 Å². The van der Waals surface area contributed by atoms with E-state index in [-0.39, 0.29) is 0 Å². The Morgan fingerprint density at radius 3 is 2.69 bits per heavy atom. The van der Waals surface area contributed by atoms with Crippen molar-refractivity contribution in [3.8, 4) is 11.5 Å². The van der Waals surface area contributed by atoms with E-state index < -0.39 is 0 Å². The van der Waals surface area contributed by atoms with Gasteiger partial charge >= 0.3 is 0 Å². The summed E-state index contributed by atoms with van der Waals surface area (Å²) in [4.78, 5) is 4.41. The van der Waals surface area contributed by atoms with Crippen LogP contribution in [0.15, 0.2) is 48.7 Å². The third-order valence-corrected chi connectivity index (χ3v) is 3.71. The third kappa shape index (κ3) is 4.31. The highest BCUT2D eigenvalue weighted by Crippen LogP contribution is 2.29. The highest BCUT2D eigenvalue weighted by atomic mass is 35.5. The molecule has 3 rings (SSSR count). The SMILES string of the molecule is CCOc1ccccc1Nc1nncc(Nc2ccc(OC)c(Cl)c2)n1. The molecule has 0 radical (unpaired) electrons. The van der Waals surface area contributed by atoms with Gasteiger partial charge in [0.25, 0.3) is 0 Å². The molecule has 1 heterocycles. The molecule has 0 fully saturated rings. The van der Waals surface area contributed by atoms with Crippen LogP contribution in [0.25, 0.3) is 0 Å². The molecule has 0 amide bonds. The maximum absolute atomic E-state index is 6.14. The molecule has 134 valence electrons. The van der Waals surface area contributed by atoms with Gasteiger partial charge in [0.1, 0.15) is 11.5 Å². The van der Waals surface area contributed by atoms with Gasteiger partial charge in [-0.3, -0.25) is 0 Å². The molecule has 0 saturated heterocycles. The molecule has 0 bridgehead atoms. The van der Waals surface area contributed by atoms with Gasteiger partial charge in [-0.2, -0.15) is 10.1 Å². The normalized spacial score (nSPS) is 10.3. The second kappa shape index (κ2) is 8.35. The Hall–Kier alpha value is -3.06. The molecule has 0 unspecified atom stereocenters. The van der Waals surface area contributed by atoms with Crippen molar-refractivity contribution in [1.29, 1.82) is 0 Å². The lowest BCUT2D eigenvalue weighted by Gasteiger charge is -2.12. The van der Waals surface area contributed by atoms with Gasteiger partial charge in [-0.15, -0.1) is 5.10 Å². The molecule has 2 aromatic carbocycles. The largest absolute Gasteiger partial charge is 0.495 e. The maximum Gasteiger partial charge on any atom is 0.249 e. The van der Waals surface area contributed by atoms with Crippen LogP contribution >= 0.6 is 11.6 Å². The molecule has 1 aromatic heterocycles. The Kier molecular flexibility index (Phi) is 5.70. The third-order valence-electron chi connectivity index (χ3n) is 3.42. The van der Waals surface area contributed by atoms with Crippen LogP contribution in [-0.2, 0) is 0 Å². The van der Waals surface area contributed by atoms with Gasteiger partial charge in [0.05, 0.1) is 30.6 Å². The molecule has 8 heteroatoms. The van der Waals surface area contributed by atoms with E-state index in [1.54, 1.807) is 19.2 Å². The number of anilines is 4. The summed E-state index contributed by atoms with van der Waals surface area (Å²) < 4.78 is 10.7. The minimum absolute atomic E-state index is 0.349. The van der Waals surface area contributed by atoms with E-state index in [2.05, 4.69) is 25.8 Å². The van der Waals surface area contributed by atoms with Gasteiger partial charge in [0.15, 0.2) is 5.82 Å². The summed E-state index contributed by atoms with van der Waals surface area (Å²) in [6.45, 7) is 2.50. The molecule has 0 aliphatic rings. The predicted octanol–water partition coefficient (Wildman–Crippen LogP) is 4.42. The van der Waals surface area contributed by atoms with Gasteiger partial charge in [-0.25, -0.2) is 0 Å². The number of rotatable bonds is 7. The minimum atomic E-state index is 0.349. The smallest absolute Gasteiger partial charge is 0.249 e. The molecule has 26 heavy (non-hydrogen) atoms. The summed E-state index contributed by atoms with van der Waals surface area (Å²) in [7, 11) is 1.57. The molecule has 0 atom stereocenters.